The summed E-state index contributed by atoms with van der Waals surface area (Å²) >= 11 is 5.11. The van der Waals surface area contributed by atoms with E-state index < -0.39 is 5.41 Å². The Hall–Kier alpha value is -1.29. The van der Waals surface area contributed by atoms with E-state index in [-0.39, 0.29) is 5.78 Å². The molecule has 0 radical (unpaired) electrons. The summed E-state index contributed by atoms with van der Waals surface area (Å²) in [6.07, 6.45) is 1.60. The molecule has 0 aliphatic rings. The molecule has 1 rings (SSSR count). The van der Waals surface area contributed by atoms with Crippen molar-refractivity contribution in [3.05, 3.63) is 30.1 Å². The van der Waals surface area contributed by atoms with E-state index in [1.807, 2.05) is 0 Å². The second-order valence-electron chi connectivity index (χ2n) is 3.75. The Labute approximate surface area is 94.9 Å². The standard InChI is InChI=1S/C11H14N2OS/c1-11(2,10(15)12-3)9(14)8-6-4-5-7-13-8/h4-7H,1-3H3,(H,12,15). The van der Waals surface area contributed by atoms with Crippen LogP contribution in [0, 0.1) is 5.41 Å². The van der Waals surface area contributed by atoms with Crippen molar-refractivity contribution in [1.29, 1.82) is 0 Å². The van der Waals surface area contributed by atoms with Gasteiger partial charge >= 0.3 is 0 Å². The van der Waals surface area contributed by atoms with Gasteiger partial charge in [0.05, 0.1) is 10.4 Å². The zero-order valence-electron chi connectivity index (χ0n) is 9.07. The first-order valence-corrected chi connectivity index (χ1v) is 5.09. The Morgan fingerprint density at radius 1 is 1.47 bits per heavy atom. The van der Waals surface area contributed by atoms with E-state index in [4.69, 9.17) is 12.2 Å². The van der Waals surface area contributed by atoms with Gasteiger partial charge in [-0.05, 0) is 26.0 Å². The minimum absolute atomic E-state index is 0.0672. The van der Waals surface area contributed by atoms with Crippen LogP contribution in [-0.2, 0) is 0 Å². The predicted molar refractivity (Wildman–Crippen MR) is 64.0 cm³/mol. The molecule has 1 aromatic heterocycles. The third-order valence-corrected chi connectivity index (χ3v) is 2.97. The molecule has 0 aliphatic heterocycles. The lowest BCUT2D eigenvalue weighted by atomic mass is 9.86. The summed E-state index contributed by atoms with van der Waals surface area (Å²) in [5.74, 6) is -0.0672. The summed E-state index contributed by atoms with van der Waals surface area (Å²) in [6.45, 7) is 3.59. The fourth-order valence-corrected chi connectivity index (χ4v) is 1.33. The quantitative estimate of drug-likeness (QED) is 0.626. The summed E-state index contributed by atoms with van der Waals surface area (Å²) in [5, 5.41) is 2.84. The van der Waals surface area contributed by atoms with Gasteiger partial charge in [-0.15, -0.1) is 0 Å². The van der Waals surface area contributed by atoms with E-state index in [1.165, 1.54) is 0 Å². The maximum absolute atomic E-state index is 12.1. The van der Waals surface area contributed by atoms with Crippen molar-refractivity contribution in [2.24, 2.45) is 5.41 Å². The number of Topliss-reactive ketones (excluding diaryl/α,β-unsaturated/α-hetero) is 1. The van der Waals surface area contributed by atoms with E-state index in [0.717, 1.165) is 0 Å². The fraction of sp³-hybridized carbons (Fsp3) is 0.364. The van der Waals surface area contributed by atoms with Gasteiger partial charge in [-0.25, -0.2) is 0 Å². The van der Waals surface area contributed by atoms with Gasteiger partial charge in [-0.2, -0.15) is 0 Å². The Bertz CT molecular complexity index is 373. The molecule has 0 saturated carbocycles. The molecule has 0 bridgehead atoms. The molecular weight excluding hydrogens is 208 g/mol. The van der Waals surface area contributed by atoms with Gasteiger partial charge < -0.3 is 5.32 Å². The van der Waals surface area contributed by atoms with Gasteiger partial charge in [-0.3, -0.25) is 9.78 Å². The molecule has 1 aromatic rings. The average Bonchev–Trinajstić information content (AvgIpc) is 2.28. The van der Waals surface area contributed by atoms with Crippen LogP contribution in [0.5, 0.6) is 0 Å². The average molecular weight is 222 g/mol. The van der Waals surface area contributed by atoms with Gasteiger partial charge in [0.15, 0.2) is 5.78 Å². The van der Waals surface area contributed by atoms with Gasteiger partial charge in [0.1, 0.15) is 5.69 Å². The number of nitrogens with zero attached hydrogens (tertiary/aromatic N) is 1. The zero-order chi connectivity index (χ0) is 11.5. The molecule has 0 spiro atoms. The Morgan fingerprint density at radius 3 is 2.60 bits per heavy atom. The van der Waals surface area contributed by atoms with Crippen LogP contribution in [0.1, 0.15) is 24.3 Å². The molecule has 0 aromatic carbocycles. The summed E-state index contributed by atoms with van der Waals surface area (Å²) in [7, 11) is 1.72. The molecular formula is C11H14N2OS. The lowest BCUT2D eigenvalue weighted by Crippen LogP contribution is -2.39. The highest BCUT2D eigenvalue weighted by molar-refractivity contribution is 7.80. The molecule has 15 heavy (non-hydrogen) atoms. The second-order valence-corrected chi connectivity index (χ2v) is 4.16. The SMILES string of the molecule is CNC(=S)C(C)(C)C(=O)c1ccccn1. The van der Waals surface area contributed by atoms with Crippen LogP contribution in [0.4, 0.5) is 0 Å². The minimum atomic E-state index is -0.710. The minimum Gasteiger partial charge on any atom is -0.382 e. The summed E-state index contributed by atoms with van der Waals surface area (Å²) < 4.78 is 0. The van der Waals surface area contributed by atoms with Crippen molar-refractivity contribution in [3.63, 3.8) is 0 Å². The normalized spacial score (nSPS) is 10.9. The number of nitrogens with one attached hydrogen (secondary N) is 1. The predicted octanol–water partition coefficient (Wildman–Crippen LogP) is 1.84. The smallest absolute Gasteiger partial charge is 0.193 e. The molecule has 0 atom stereocenters. The molecule has 0 fully saturated rings. The van der Waals surface area contributed by atoms with Crippen LogP contribution in [0.25, 0.3) is 0 Å². The molecule has 0 aliphatic carbocycles. The largest absolute Gasteiger partial charge is 0.382 e. The molecule has 0 amide bonds. The molecule has 0 unspecified atom stereocenters. The van der Waals surface area contributed by atoms with Gasteiger partial charge in [0.25, 0.3) is 0 Å². The number of aromatic nitrogens is 1. The van der Waals surface area contributed by atoms with E-state index in [9.17, 15) is 4.79 Å². The Morgan fingerprint density at radius 2 is 2.13 bits per heavy atom. The summed E-state index contributed by atoms with van der Waals surface area (Å²) in [5.41, 5.74) is -0.265. The third kappa shape index (κ3) is 2.39. The maximum atomic E-state index is 12.1. The topological polar surface area (TPSA) is 42.0 Å². The number of ketones is 1. The summed E-state index contributed by atoms with van der Waals surface area (Å²) in [4.78, 5) is 16.6. The van der Waals surface area contributed by atoms with Crippen LogP contribution >= 0.6 is 12.2 Å². The van der Waals surface area contributed by atoms with Gasteiger partial charge in [0, 0.05) is 13.2 Å². The van der Waals surface area contributed by atoms with Gasteiger partial charge in [0.2, 0.25) is 0 Å². The molecule has 4 heteroatoms. The van der Waals surface area contributed by atoms with Crippen molar-refractivity contribution < 1.29 is 4.79 Å². The third-order valence-electron chi connectivity index (χ3n) is 2.26. The molecule has 80 valence electrons. The highest BCUT2D eigenvalue weighted by Crippen LogP contribution is 2.21. The number of thiocarbonyl (C=S) groups is 1. The van der Waals surface area contributed by atoms with Gasteiger partial charge in [-0.1, -0.05) is 18.3 Å². The molecule has 1 N–H and O–H groups in total. The fourth-order valence-electron chi connectivity index (χ4n) is 1.23. The van der Waals surface area contributed by atoms with Crippen LogP contribution in [0.15, 0.2) is 24.4 Å². The molecule has 3 nitrogen and oxygen atoms in total. The monoisotopic (exact) mass is 222 g/mol. The van der Waals surface area contributed by atoms with Crippen molar-refractivity contribution in [2.75, 3.05) is 7.05 Å². The first-order chi connectivity index (χ1) is 7.00. The van der Waals surface area contributed by atoms with Crippen LogP contribution in [0.2, 0.25) is 0 Å². The lowest BCUT2D eigenvalue weighted by Gasteiger charge is -2.23. The lowest BCUT2D eigenvalue weighted by molar-refractivity contribution is 0.0895. The van der Waals surface area contributed by atoms with Crippen molar-refractivity contribution >= 4 is 23.0 Å². The second kappa shape index (κ2) is 4.49. The summed E-state index contributed by atoms with van der Waals surface area (Å²) in [6, 6.07) is 5.27. The number of carbonyl (C=O) groups is 1. The zero-order valence-corrected chi connectivity index (χ0v) is 9.89. The van der Waals surface area contributed by atoms with E-state index in [2.05, 4.69) is 10.3 Å². The number of hydrogen-bond donors (Lipinski definition) is 1. The molecule has 0 saturated heterocycles. The molecule has 1 heterocycles. The van der Waals surface area contributed by atoms with Crippen LogP contribution < -0.4 is 5.32 Å². The number of carbonyl (C=O) groups excluding carboxylic acids is 1. The first kappa shape index (κ1) is 11.8. The first-order valence-electron chi connectivity index (χ1n) is 4.68. The highest BCUT2D eigenvalue weighted by Gasteiger charge is 2.33. The van der Waals surface area contributed by atoms with E-state index >= 15 is 0 Å². The van der Waals surface area contributed by atoms with Crippen LogP contribution in [0.3, 0.4) is 0 Å². The van der Waals surface area contributed by atoms with E-state index in [0.29, 0.717) is 10.7 Å². The number of hydrogen-bond acceptors (Lipinski definition) is 3. The number of pyridine rings is 1. The van der Waals surface area contributed by atoms with Crippen molar-refractivity contribution in [3.8, 4) is 0 Å². The highest BCUT2D eigenvalue weighted by atomic mass is 32.1. The van der Waals surface area contributed by atoms with Crippen LogP contribution in [-0.4, -0.2) is 22.8 Å². The van der Waals surface area contributed by atoms with Crippen molar-refractivity contribution in [1.82, 2.24) is 10.3 Å². The number of rotatable bonds is 3. The maximum Gasteiger partial charge on any atom is 0.193 e. The Kier molecular flexibility index (Phi) is 3.52. The Balaban J connectivity index is 3.00. The van der Waals surface area contributed by atoms with Crippen molar-refractivity contribution in [2.45, 2.75) is 13.8 Å². The van der Waals surface area contributed by atoms with E-state index in [1.54, 1.807) is 45.3 Å².